The largest absolute Gasteiger partial charge is 0.350 e. The van der Waals surface area contributed by atoms with Gasteiger partial charge in [-0.2, -0.15) is 0 Å². The Balaban J connectivity index is 1.83. The molecule has 2 aromatic carbocycles. The molecule has 0 aliphatic heterocycles. The molecule has 2 N–H and O–H groups in total. The van der Waals surface area contributed by atoms with Crippen LogP contribution in [0.15, 0.2) is 57.9 Å². The normalized spacial score (nSPS) is 12.6. The fraction of sp³-hybridized carbons (Fsp3) is 0.235. The van der Waals surface area contributed by atoms with Crippen molar-refractivity contribution in [2.75, 3.05) is 6.54 Å². The molecule has 0 bridgehead atoms. The monoisotopic (exact) mass is 444 g/mol. The van der Waals surface area contributed by atoms with Crippen LogP contribution < -0.4 is 10.0 Å². The predicted octanol–water partition coefficient (Wildman–Crippen LogP) is 3.65. The summed E-state index contributed by atoms with van der Waals surface area (Å²) in [4.78, 5) is 12.1. The average Bonchev–Trinajstić information content (AvgIpc) is 2.55. The third-order valence-electron chi connectivity index (χ3n) is 3.52. The molecule has 25 heavy (non-hydrogen) atoms. The first-order chi connectivity index (χ1) is 11.8. The Labute approximate surface area is 161 Å². The third-order valence-corrected chi connectivity index (χ3v) is 5.77. The smallest absolute Gasteiger partial charge is 0.240 e. The number of benzene rings is 2. The van der Waals surface area contributed by atoms with Gasteiger partial charge in [-0.15, -0.1) is 0 Å². The summed E-state index contributed by atoms with van der Waals surface area (Å²) < 4.78 is 27.6. The number of carbonyl (C=O) groups excluding carboxylic acids is 1. The van der Waals surface area contributed by atoms with Gasteiger partial charge in [0.15, 0.2) is 0 Å². The Kier molecular flexibility index (Phi) is 7.01. The highest BCUT2D eigenvalue weighted by Crippen LogP contribution is 2.17. The maximum Gasteiger partial charge on any atom is 0.240 e. The minimum absolute atomic E-state index is 0.0177. The Morgan fingerprint density at radius 2 is 1.72 bits per heavy atom. The summed E-state index contributed by atoms with van der Waals surface area (Å²) in [5.41, 5.74) is 0.971. The number of nitrogens with one attached hydrogen (secondary N) is 2. The van der Waals surface area contributed by atoms with Crippen LogP contribution in [0.25, 0.3) is 0 Å². The molecule has 0 heterocycles. The molecule has 0 aliphatic carbocycles. The molecule has 0 aliphatic rings. The molecule has 5 nitrogen and oxygen atoms in total. The number of hydrogen-bond donors (Lipinski definition) is 2. The van der Waals surface area contributed by atoms with Crippen LogP contribution in [0.2, 0.25) is 5.02 Å². The number of carbonyl (C=O) groups is 1. The van der Waals surface area contributed by atoms with Crippen molar-refractivity contribution in [2.24, 2.45) is 0 Å². The van der Waals surface area contributed by atoms with E-state index in [1.54, 1.807) is 0 Å². The lowest BCUT2D eigenvalue weighted by Gasteiger charge is -2.14. The second kappa shape index (κ2) is 8.80. The maximum absolute atomic E-state index is 12.1. The molecule has 0 fully saturated rings. The minimum atomic E-state index is -3.65. The van der Waals surface area contributed by atoms with E-state index in [1.165, 1.54) is 24.3 Å². The minimum Gasteiger partial charge on any atom is -0.350 e. The molecule has 0 radical (unpaired) electrons. The van der Waals surface area contributed by atoms with Crippen molar-refractivity contribution in [1.29, 1.82) is 0 Å². The van der Waals surface area contributed by atoms with E-state index < -0.39 is 10.0 Å². The highest BCUT2D eigenvalue weighted by molar-refractivity contribution is 9.10. The van der Waals surface area contributed by atoms with Crippen LogP contribution in [0.1, 0.15) is 24.9 Å². The van der Waals surface area contributed by atoms with E-state index in [0.29, 0.717) is 5.02 Å². The number of sulfonamides is 1. The summed E-state index contributed by atoms with van der Waals surface area (Å²) in [5.74, 6) is -0.228. The fourth-order valence-electron chi connectivity index (χ4n) is 2.14. The van der Waals surface area contributed by atoms with Crippen LogP contribution in [0.4, 0.5) is 0 Å². The molecule has 1 atom stereocenters. The van der Waals surface area contributed by atoms with Crippen LogP contribution in [0, 0.1) is 0 Å². The first kappa shape index (κ1) is 19.9. The molecule has 8 heteroatoms. The summed E-state index contributed by atoms with van der Waals surface area (Å²) in [6, 6.07) is 13.3. The summed E-state index contributed by atoms with van der Waals surface area (Å²) >= 11 is 9.11. The molecule has 134 valence electrons. The number of halogens is 2. The van der Waals surface area contributed by atoms with E-state index in [-0.39, 0.29) is 29.8 Å². The van der Waals surface area contributed by atoms with Crippen molar-refractivity contribution in [3.8, 4) is 0 Å². The first-order valence-electron chi connectivity index (χ1n) is 7.58. The average molecular weight is 446 g/mol. The van der Waals surface area contributed by atoms with Gasteiger partial charge < -0.3 is 5.32 Å². The molecule has 0 saturated carbocycles. The molecule has 2 aromatic rings. The Bertz CT molecular complexity index is 824. The zero-order chi connectivity index (χ0) is 18.4. The summed E-state index contributed by atoms with van der Waals surface area (Å²) in [5, 5.41) is 3.30. The molecule has 1 unspecified atom stereocenters. The van der Waals surface area contributed by atoms with Gasteiger partial charge in [-0.3, -0.25) is 4.79 Å². The zero-order valence-corrected chi connectivity index (χ0v) is 16.7. The van der Waals surface area contributed by atoms with E-state index in [9.17, 15) is 13.2 Å². The molecule has 0 saturated heterocycles. The third kappa shape index (κ3) is 6.11. The Hall–Kier alpha value is -1.41. The summed E-state index contributed by atoms with van der Waals surface area (Å²) in [6.07, 6.45) is 0.0493. The second-order valence-electron chi connectivity index (χ2n) is 5.44. The Morgan fingerprint density at radius 3 is 2.32 bits per heavy atom. The summed E-state index contributed by atoms with van der Waals surface area (Å²) in [7, 11) is -3.65. The number of amides is 1. The molecule has 0 spiro atoms. The SMILES string of the molecule is CC(NC(=O)CCNS(=O)(=O)c1ccc(Cl)cc1)c1ccc(Br)cc1. The quantitative estimate of drug-likeness (QED) is 0.683. The van der Waals surface area contributed by atoms with Gasteiger partial charge in [0.25, 0.3) is 0 Å². The van der Waals surface area contributed by atoms with Crippen molar-refractivity contribution < 1.29 is 13.2 Å². The van der Waals surface area contributed by atoms with Crippen LogP contribution in [0.3, 0.4) is 0 Å². The lowest BCUT2D eigenvalue weighted by molar-refractivity contribution is -0.121. The zero-order valence-electron chi connectivity index (χ0n) is 13.5. The predicted molar refractivity (Wildman–Crippen MR) is 102 cm³/mol. The van der Waals surface area contributed by atoms with Crippen molar-refractivity contribution in [3.05, 3.63) is 63.6 Å². The van der Waals surface area contributed by atoms with Crippen molar-refractivity contribution in [3.63, 3.8) is 0 Å². The van der Waals surface area contributed by atoms with Gasteiger partial charge in [-0.25, -0.2) is 13.1 Å². The van der Waals surface area contributed by atoms with Crippen molar-refractivity contribution >= 4 is 43.5 Å². The molecule has 1 amide bonds. The molecular weight excluding hydrogens is 428 g/mol. The first-order valence-corrected chi connectivity index (χ1v) is 10.2. The van der Waals surface area contributed by atoms with E-state index in [2.05, 4.69) is 26.0 Å². The molecular formula is C17H18BrClN2O3S. The van der Waals surface area contributed by atoms with Gasteiger partial charge in [0.2, 0.25) is 15.9 Å². The van der Waals surface area contributed by atoms with Crippen LogP contribution in [-0.2, 0) is 14.8 Å². The van der Waals surface area contributed by atoms with Gasteiger partial charge in [-0.05, 0) is 48.9 Å². The lowest BCUT2D eigenvalue weighted by atomic mass is 10.1. The van der Waals surface area contributed by atoms with E-state index in [4.69, 9.17) is 11.6 Å². The van der Waals surface area contributed by atoms with Gasteiger partial charge >= 0.3 is 0 Å². The Morgan fingerprint density at radius 1 is 1.12 bits per heavy atom. The standard InChI is InChI=1S/C17H18BrClN2O3S/c1-12(13-2-4-14(18)5-3-13)21-17(22)10-11-20-25(23,24)16-8-6-15(19)7-9-16/h2-9,12,20H,10-11H2,1H3,(H,21,22). The van der Waals surface area contributed by atoms with Crippen LogP contribution in [0.5, 0.6) is 0 Å². The topological polar surface area (TPSA) is 75.3 Å². The van der Waals surface area contributed by atoms with Gasteiger partial charge in [0, 0.05) is 22.5 Å². The van der Waals surface area contributed by atoms with Crippen molar-refractivity contribution in [1.82, 2.24) is 10.0 Å². The van der Waals surface area contributed by atoms with Crippen molar-refractivity contribution in [2.45, 2.75) is 24.3 Å². The van der Waals surface area contributed by atoms with Crippen LogP contribution >= 0.6 is 27.5 Å². The van der Waals surface area contributed by atoms with Gasteiger partial charge in [0.05, 0.1) is 10.9 Å². The number of hydrogen-bond acceptors (Lipinski definition) is 3. The van der Waals surface area contributed by atoms with Gasteiger partial charge in [0.1, 0.15) is 0 Å². The van der Waals surface area contributed by atoms with E-state index in [0.717, 1.165) is 10.0 Å². The van der Waals surface area contributed by atoms with E-state index >= 15 is 0 Å². The summed E-state index contributed by atoms with van der Waals surface area (Å²) in [6.45, 7) is 1.89. The van der Waals surface area contributed by atoms with E-state index in [1.807, 2.05) is 31.2 Å². The highest BCUT2D eigenvalue weighted by atomic mass is 79.9. The molecule has 0 aromatic heterocycles. The second-order valence-corrected chi connectivity index (χ2v) is 8.56. The highest BCUT2D eigenvalue weighted by Gasteiger charge is 2.15. The van der Waals surface area contributed by atoms with Crippen LogP contribution in [-0.4, -0.2) is 20.9 Å². The lowest BCUT2D eigenvalue weighted by Crippen LogP contribution is -2.32. The fourth-order valence-corrected chi connectivity index (χ4v) is 3.57. The molecule has 2 rings (SSSR count). The van der Waals surface area contributed by atoms with Gasteiger partial charge in [-0.1, -0.05) is 39.7 Å². The maximum atomic E-state index is 12.1. The number of rotatable bonds is 7.